The lowest BCUT2D eigenvalue weighted by Crippen LogP contribution is -2.61. The number of nitrogens with zero attached hydrogens (tertiary/aromatic N) is 1. The van der Waals surface area contributed by atoms with Gasteiger partial charge in [0.15, 0.2) is 0 Å². The van der Waals surface area contributed by atoms with Crippen LogP contribution < -0.4 is 65.5 Å². The number of rotatable bonds is 30. The third-order valence-corrected chi connectivity index (χ3v) is 11.7. The second-order valence-electron chi connectivity index (χ2n) is 18.4. The Kier molecular flexibility index (Phi) is 25.7. The molecule has 0 aliphatic carbocycles. The number of hydrogen-bond donors (Lipinski definition) is 14. The van der Waals surface area contributed by atoms with E-state index in [1.54, 1.807) is 44.2 Å². The quantitative estimate of drug-likeness (QED) is 0.0320. The first kappa shape index (κ1) is 61.3. The molecule has 1 aliphatic heterocycles. The first-order valence-corrected chi connectivity index (χ1v) is 23.9. The molecular formula is C46H75N13O13. The van der Waals surface area contributed by atoms with E-state index in [1.807, 2.05) is 0 Å². The first-order chi connectivity index (χ1) is 33.8. The van der Waals surface area contributed by atoms with Crippen molar-refractivity contribution in [2.45, 2.75) is 147 Å². The molecule has 0 bridgehead atoms. The molecule has 2 rings (SSSR count). The van der Waals surface area contributed by atoms with Crippen molar-refractivity contribution in [1.29, 1.82) is 0 Å². The number of carbonyl (C=O) groups is 11. The van der Waals surface area contributed by atoms with Crippen LogP contribution in [0.1, 0.15) is 85.6 Å². The summed E-state index contributed by atoms with van der Waals surface area (Å²) in [7, 11) is 0. The van der Waals surface area contributed by atoms with Crippen molar-refractivity contribution in [2.75, 3.05) is 26.2 Å². The summed E-state index contributed by atoms with van der Waals surface area (Å²) in [5.41, 5.74) is 23.3. The largest absolute Gasteiger partial charge is 0.394 e. The summed E-state index contributed by atoms with van der Waals surface area (Å²) < 4.78 is 0. The predicted molar refractivity (Wildman–Crippen MR) is 259 cm³/mol. The molecule has 26 nitrogen and oxygen atoms in total. The zero-order valence-electron chi connectivity index (χ0n) is 41.7. The zero-order chi connectivity index (χ0) is 54.4. The Morgan fingerprint density at radius 2 is 1.28 bits per heavy atom. The number of primary amides is 2. The monoisotopic (exact) mass is 1020 g/mol. The number of nitrogens with two attached hydrogens (primary N) is 4. The zero-order valence-corrected chi connectivity index (χ0v) is 41.7. The fraction of sp³-hybridized carbons (Fsp3) is 0.630. The normalized spacial score (nSPS) is 17.1. The molecule has 0 saturated carbocycles. The highest BCUT2D eigenvalue weighted by Crippen LogP contribution is 2.20. The fourth-order valence-corrected chi connectivity index (χ4v) is 7.39. The van der Waals surface area contributed by atoms with Crippen LogP contribution >= 0.6 is 0 Å². The summed E-state index contributed by atoms with van der Waals surface area (Å²) in [6, 6.07) is -3.19. The van der Waals surface area contributed by atoms with Gasteiger partial charge in [0.2, 0.25) is 65.0 Å². The summed E-state index contributed by atoms with van der Waals surface area (Å²) in [4.78, 5) is 145. The van der Waals surface area contributed by atoms with Gasteiger partial charge in [-0.25, -0.2) is 0 Å². The van der Waals surface area contributed by atoms with Gasteiger partial charge >= 0.3 is 0 Å². The minimum absolute atomic E-state index is 0.0320. The molecule has 10 atom stereocenters. The van der Waals surface area contributed by atoms with E-state index in [9.17, 15) is 63.0 Å². The van der Waals surface area contributed by atoms with Crippen LogP contribution in [0.15, 0.2) is 30.3 Å². The number of aliphatic hydroxyl groups is 2. The number of amides is 11. The summed E-state index contributed by atoms with van der Waals surface area (Å²) in [5, 5.41) is 39.7. The maximum atomic E-state index is 13.6. The van der Waals surface area contributed by atoms with Gasteiger partial charge in [-0.05, 0) is 69.9 Å². The number of nitrogens with one attached hydrogen (secondary N) is 8. The number of hydrogen-bond acceptors (Lipinski definition) is 15. The number of carbonyl (C=O) groups excluding carboxylic acids is 11. The Hall–Kier alpha value is -6.77. The molecule has 0 spiro atoms. The van der Waals surface area contributed by atoms with Crippen LogP contribution in [-0.4, -0.2) is 167 Å². The van der Waals surface area contributed by atoms with Gasteiger partial charge in [-0.2, -0.15) is 0 Å². The van der Waals surface area contributed by atoms with Gasteiger partial charge in [-0.15, -0.1) is 0 Å². The molecule has 72 heavy (non-hydrogen) atoms. The Balaban J connectivity index is 2.09. The Morgan fingerprint density at radius 3 is 1.83 bits per heavy atom. The van der Waals surface area contributed by atoms with E-state index in [-0.39, 0.29) is 38.3 Å². The summed E-state index contributed by atoms with van der Waals surface area (Å²) >= 11 is 0. The van der Waals surface area contributed by atoms with Crippen LogP contribution in [-0.2, 0) is 59.2 Å². The third-order valence-electron chi connectivity index (χ3n) is 11.7. The second kappa shape index (κ2) is 30.2. The number of aliphatic hydroxyl groups excluding tert-OH is 2. The van der Waals surface area contributed by atoms with E-state index < -0.39 is 151 Å². The molecule has 18 N–H and O–H groups in total. The van der Waals surface area contributed by atoms with Crippen LogP contribution in [0.3, 0.4) is 0 Å². The average molecular weight is 1020 g/mol. The van der Waals surface area contributed by atoms with Gasteiger partial charge in [-0.3, -0.25) is 52.7 Å². The van der Waals surface area contributed by atoms with Crippen molar-refractivity contribution >= 4 is 65.0 Å². The number of likely N-dealkylation sites (tertiary alicyclic amines) is 1. The highest BCUT2D eigenvalue weighted by atomic mass is 16.3. The summed E-state index contributed by atoms with van der Waals surface area (Å²) in [6.45, 7) is 7.84. The smallest absolute Gasteiger partial charge is 0.245 e. The maximum absolute atomic E-state index is 13.6. The summed E-state index contributed by atoms with van der Waals surface area (Å²) in [6.07, 6.45) is -0.682. The van der Waals surface area contributed by atoms with Crippen molar-refractivity contribution < 1.29 is 63.0 Å². The van der Waals surface area contributed by atoms with Crippen LogP contribution in [0.25, 0.3) is 0 Å². The molecule has 1 aromatic rings. The van der Waals surface area contributed by atoms with E-state index in [4.69, 9.17) is 22.9 Å². The molecular weight excluding hydrogens is 943 g/mol. The van der Waals surface area contributed by atoms with E-state index in [0.717, 1.165) is 5.56 Å². The van der Waals surface area contributed by atoms with Crippen molar-refractivity contribution in [3.63, 3.8) is 0 Å². The van der Waals surface area contributed by atoms with Crippen LogP contribution in [0.4, 0.5) is 0 Å². The molecule has 1 aromatic carbocycles. The van der Waals surface area contributed by atoms with Crippen molar-refractivity contribution in [1.82, 2.24) is 47.4 Å². The standard InChI is InChI=1S/C46H75N13O13/c1-23(2)35(49)46(72)59-18-12-16-32(59)43(69)58-37(26(6)61)45(71)56-30(20-33(48)62)41(67)57-36(24(3)4)44(70)51-21-34(63)53-31(22-60)42(68)54-28(15-10-11-17-47)40(66)52-25(5)39(65)55-29(38(50)64)19-27-13-8-7-9-14-27/h7-9,13-14,23-26,28-32,35-37,60-61H,10-12,15-22,47,49H2,1-6H3,(H2,48,62)(H2,50,64)(H,51,70)(H,52,66)(H,53,63)(H,54,68)(H,55,65)(H,56,71)(H,57,67)(H,58,69)/t25-,26+,28-,29-,30-,31-,32-,35-,36-,37-/m0/s1. The SMILES string of the molecule is CC(C)[C@H](N)C(=O)N1CCC[C@H]1C(=O)N[C@H](C(=O)N[C@@H](CC(N)=O)C(=O)N[C@H](C(=O)NCC(=O)N[C@@H](CO)C(=O)N[C@@H](CCCCN)C(=O)N[C@@H](C)C(=O)N[C@@H](Cc1ccccc1)C(N)=O)C(C)C)[C@@H](C)O. The van der Waals surface area contributed by atoms with Crippen LogP contribution in [0, 0.1) is 11.8 Å². The van der Waals surface area contributed by atoms with E-state index in [0.29, 0.717) is 19.3 Å². The first-order valence-electron chi connectivity index (χ1n) is 23.9. The van der Waals surface area contributed by atoms with Crippen LogP contribution in [0.2, 0.25) is 0 Å². The minimum Gasteiger partial charge on any atom is -0.394 e. The Labute approximate surface area is 418 Å². The molecule has 402 valence electrons. The molecule has 1 heterocycles. The molecule has 0 aromatic heterocycles. The molecule has 0 radical (unpaired) electrons. The predicted octanol–water partition coefficient (Wildman–Crippen LogP) is -5.75. The van der Waals surface area contributed by atoms with Gasteiger partial charge in [0, 0.05) is 13.0 Å². The maximum Gasteiger partial charge on any atom is 0.245 e. The molecule has 1 aliphatic rings. The van der Waals surface area contributed by atoms with E-state index in [1.165, 1.54) is 32.6 Å². The van der Waals surface area contributed by atoms with Gasteiger partial charge in [-0.1, -0.05) is 58.0 Å². The van der Waals surface area contributed by atoms with Gasteiger partial charge in [0.05, 0.1) is 31.7 Å². The molecule has 11 amide bonds. The lowest BCUT2D eigenvalue weighted by molar-refractivity contribution is -0.142. The van der Waals surface area contributed by atoms with Gasteiger partial charge in [0.1, 0.15) is 48.3 Å². The van der Waals surface area contributed by atoms with Crippen molar-refractivity contribution in [3.8, 4) is 0 Å². The Morgan fingerprint density at radius 1 is 0.681 bits per heavy atom. The number of benzene rings is 1. The third kappa shape index (κ3) is 19.8. The van der Waals surface area contributed by atoms with Gasteiger partial charge in [0.25, 0.3) is 0 Å². The van der Waals surface area contributed by atoms with Gasteiger partial charge < -0.3 is 80.6 Å². The second-order valence-corrected chi connectivity index (χ2v) is 18.4. The van der Waals surface area contributed by atoms with Crippen LogP contribution in [0.5, 0.6) is 0 Å². The topological polar surface area (TPSA) is 432 Å². The van der Waals surface area contributed by atoms with E-state index >= 15 is 0 Å². The molecule has 26 heteroatoms. The highest BCUT2D eigenvalue weighted by Gasteiger charge is 2.40. The minimum atomic E-state index is -1.73. The fourth-order valence-electron chi connectivity index (χ4n) is 7.39. The molecule has 1 fully saturated rings. The lowest BCUT2D eigenvalue weighted by Gasteiger charge is -2.30. The lowest BCUT2D eigenvalue weighted by atomic mass is 10.0. The average Bonchev–Trinajstić information content (AvgIpc) is 3.82. The molecule has 0 unspecified atom stereocenters. The van der Waals surface area contributed by atoms with E-state index in [2.05, 4.69) is 42.5 Å². The highest BCUT2D eigenvalue weighted by molar-refractivity contribution is 5.99. The summed E-state index contributed by atoms with van der Waals surface area (Å²) in [5.74, 6) is -10.6. The molecule has 1 saturated heterocycles. The number of unbranched alkanes of at least 4 members (excludes halogenated alkanes) is 1. The van der Waals surface area contributed by atoms with Crippen molar-refractivity contribution in [2.24, 2.45) is 34.8 Å². The van der Waals surface area contributed by atoms with Crippen molar-refractivity contribution in [3.05, 3.63) is 35.9 Å². The Bertz CT molecular complexity index is 2060.